The average molecular weight is 250 g/mol. The Bertz CT molecular complexity index is 788. The number of fused-ring (bicyclic) bond motifs is 3. The first-order chi connectivity index (χ1) is 9.20. The molecule has 0 heterocycles. The number of carbonyl (C=O) groups is 1. The molecule has 0 amide bonds. The molecule has 0 aliphatic heterocycles. The maximum atomic E-state index is 11.7. The van der Waals surface area contributed by atoms with Crippen LogP contribution in [0.5, 0.6) is 0 Å². The number of hydrogen-bond donors (Lipinski definition) is 0. The molecule has 3 aromatic carbocycles. The minimum absolute atomic E-state index is 0.294. The Morgan fingerprint density at radius 2 is 1.74 bits per heavy atom. The maximum Gasteiger partial charge on any atom is 0.337 e. The van der Waals surface area contributed by atoms with Crippen molar-refractivity contribution < 1.29 is 9.53 Å². The Kier molecular flexibility index (Phi) is 2.71. The summed E-state index contributed by atoms with van der Waals surface area (Å²) in [4.78, 5) is 11.7. The van der Waals surface area contributed by atoms with Crippen LogP contribution < -0.4 is 0 Å². The molecule has 0 aromatic heterocycles. The van der Waals surface area contributed by atoms with E-state index in [2.05, 4.69) is 24.3 Å². The molecular formula is C17H14O2. The lowest BCUT2D eigenvalue weighted by Gasteiger charge is -2.09. The molecule has 0 unspecified atom stereocenters. The van der Waals surface area contributed by atoms with E-state index in [1.807, 2.05) is 31.2 Å². The summed E-state index contributed by atoms with van der Waals surface area (Å²) in [7, 11) is 1.41. The van der Waals surface area contributed by atoms with Crippen LogP contribution in [0.2, 0.25) is 0 Å². The smallest absolute Gasteiger partial charge is 0.337 e. The average Bonchev–Trinajstić information content (AvgIpc) is 2.46. The highest BCUT2D eigenvalue weighted by molar-refractivity contribution is 6.10. The Morgan fingerprint density at radius 1 is 0.947 bits per heavy atom. The van der Waals surface area contributed by atoms with Crippen LogP contribution in [0, 0.1) is 6.92 Å². The quantitative estimate of drug-likeness (QED) is 0.480. The Balaban J connectivity index is 2.43. The first-order valence-corrected chi connectivity index (χ1v) is 6.21. The van der Waals surface area contributed by atoms with Crippen LogP contribution >= 0.6 is 0 Å². The van der Waals surface area contributed by atoms with Crippen LogP contribution in [-0.4, -0.2) is 13.1 Å². The fourth-order valence-electron chi connectivity index (χ4n) is 2.54. The van der Waals surface area contributed by atoms with Crippen molar-refractivity contribution in [2.24, 2.45) is 0 Å². The highest BCUT2D eigenvalue weighted by Crippen LogP contribution is 2.28. The molecule has 3 rings (SSSR count). The van der Waals surface area contributed by atoms with Crippen molar-refractivity contribution in [2.45, 2.75) is 6.92 Å². The largest absolute Gasteiger partial charge is 0.465 e. The lowest BCUT2D eigenvalue weighted by atomic mass is 9.96. The van der Waals surface area contributed by atoms with E-state index in [1.54, 1.807) is 0 Å². The summed E-state index contributed by atoms with van der Waals surface area (Å²) < 4.78 is 4.81. The summed E-state index contributed by atoms with van der Waals surface area (Å²) in [5.74, 6) is -0.294. The molecule has 0 saturated carbocycles. The van der Waals surface area contributed by atoms with Crippen molar-refractivity contribution in [1.29, 1.82) is 0 Å². The van der Waals surface area contributed by atoms with Crippen molar-refractivity contribution in [2.75, 3.05) is 7.11 Å². The lowest BCUT2D eigenvalue weighted by Crippen LogP contribution is -2.01. The molecule has 19 heavy (non-hydrogen) atoms. The molecule has 0 fully saturated rings. The van der Waals surface area contributed by atoms with Gasteiger partial charge in [-0.3, -0.25) is 0 Å². The molecule has 0 bridgehead atoms. The summed E-state index contributed by atoms with van der Waals surface area (Å²) >= 11 is 0. The van der Waals surface area contributed by atoms with Crippen molar-refractivity contribution in [3.63, 3.8) is 0 Å². The molecule has 0 atom stereocenters. The Hall–Kier alpha value is -2.35. The summed E-state index contributed by atoms with van der Waals surface area (Å²) in [6.07, 6.45) is 0. The summed E-state index contributed by atoms with van der Waals surface area (Å²) in [5, 5.41) is 4.61. The first kappa shape index (κ1) is 11.7. The van der Waals surface area contributed by atoms with Crippen LogP contribution in [0.1, 0.15) is 15.9 Å². The van der Waals surface area contributed by atoms with Crippen LogP contribution in [0.15, 0.2) is 48.5 Å². The monoisotopic (exact) mass is 250 g/mol. The van der Waals surface area contributed by atoms with E-state index in [0.717, 1.165) is 16.3 Å². The highest BCUT2D eigenvalue weighted by Gasteiger charge is 2.10. The van der Waals surface area contributed by atoms with E-state index in [0.29, 0.717) is 5.56 Å². The summed E-state index contributed by atoms with van der Waals surface area (Å²) in [5.41, 5.74) is 1.69. The van der Waals surface area contributed by atoms with Gasteiger partial charge in [0.15, 0.2) is 0 Å². The highest BCUT2D eigenvalue weighted by atomic mass is 16.5. The van der Waals surface area contributed by atoms with Gasteiger partial charge in [-0.15, -0.1) is 0 Å². The fourth-order valence-corrected chi connectivity index (χ4v) is 2.54. The van der Waals surface area contributed by atoms with E-state index in [9.17, 15) is 4.79 Å². The van der Waals surface area contributed by atoms with Gasteiger partial charge < -0.3 is 4.74 Å². The molecule has 0 aliphatic rings. The second kappa shape index (κ2) is 4.39. The van der Waals surface area contributed by atoms with Crippen molar-refractivity contribution in [3.8, 4) is 0 Å². The number of aryl methyl sites for hydroxylation is 1. The minimum atomic E-state index is -0.294. The zero-order chi connectivity index (χ0) is 13.4. The van der Waals surface area contributed by atoms with E-state index < -0.39 is 0 Å². The number of benzene rings is 3. The van der Waals surface area contributed by atoms with Crippen molar-refractivity contribution in [1.82, 2.24) is 0 Å². The van der Waals surface area contributed by atoms with Gasteiger partial charge in [-0.1, -0.05) is 36.4 Å². The van der Waals surface area contributed by atoms with Crippen molar-refractivity contribution in [3.05, 3.63) is 59.7 Å². The number of rotatable bonds is 1. The number of carbonyl (C=O) groups excluding carboxylic acids is 1. The van der Waals surface area contributed by atoms with Gasteiger partial charge in [0, 0.05) is 0 Å². The standard InChI is InChI=1S/C17H14O2/c1-11-9-13(17(18)19-2)10-16-14(11)8-7-12-5-3-4-6-15(12)16/h3-10H,1-2H3. The molecule has 0 saturated heterocycles. The second-order valence-corrected chi connectivity index (χ2v) is 4.67. The van der Waals surface area contributed by atoms with Crippen LogP contribution in [0.3, 0.4) is 0 Å². The predicted octanol–water partition coefficient (Wildman–Crippen LogP) is 4.09. The first-order valence-electron chi connectivity index (χ1n) is 6.21. The van der Waals surface area contributed by atoms with Gasteiger partial charge in [0.05, 0.1) is 12.7 Å². The van der Waals surface area contributed by atoms with Gasteiger partial charge in [-0.2, -0.15) is 0 Å². The SMILES string of the molecule is COC(=O)c1cc(C)c2ccc3ccccc3c2c1. The molecule has 0 radical (unpaired) electrons. The Labute approximate surface area is 111 Å². The van der Waals surface area contributed by atoms with E-state index >= 15 is 0 Å². The molecule has 2 heteroatoms. The third-order valence-electron chi connectivity index (χ3n) is 3.49. The van der Waals surface area contributed by atoms with Crippen LogP contribution in [0.4, 0.5) is 0 Å². The summed E-state index contributed by atoms with van der Waals surface area (Å²) in [6.45, 7) is 2.02. The number of esters is 1. The van der Waals surface area contributed by atoms with Gasteiger partial charge >= 0.3 is 5.97 Å². The van der Waals surface area contributed by atoms with E-state index in [4.69, 9.17) is 4.74 Å². The number of methoxy groups -OCH3 is 1. The number of ether oxygens (including phenoxy) is 1. The molecule has 94 valence electrons. The van der Waals surface area contributed by atoms with Crippen LogP contribution in [-0.2, 0) is 4.74 Å². The van der Waals surface area contributed by atoms with Gasteiger partial charge in [0.2, 0.25) is 0 Å². The van der Waals surface area contributed by atoms with Crippen LogP contribution in [0.25, 0.3) is 21.5 Å². The van der Waals surface area contributed by atoms with E-state index in [1.165, 1.54) is 17.9 Å². The van der Waals surface area contributed by atoms with Gasteiger partial charge in [0.1, 0.15) is 0 Å². The minimum Gasteiger partial charge on any atom is -0.465 e. The third kappa shape index (κ3) is 1.85. The van der Waals surface area contributed by atoms with Gasteiger partial charge in [0.25, 0.3) is 0 Å². The lowest BCUT2D eigenvalue weighted by molar-refractivity contribution is 0.0601. The number of hydrogen-bond acceptors (Lipinski definition) is 2. The topological polar surface area (TPSA) is 26.3 Å². The zero-order valence-electron chi connectivity index (χ0n) is 10.9. The molecular weight excluding hydrogens is 236 g/mol. The second-order valence-electron chi connectivity index (χ2n) is 4.67. The molecule has 3 aromatic rings. The fraction of sp³-hybridized carbons (Fsp3) is 0.118. The Morgan fingerprint density at radius 3 is 2.53 bits per heavy atom. The summed E-state index contributed by atoms with van der Waals surface area (Å²) in [6, 6.07) is 16.2. The maximum absolute atomic E-state index is 11.7. The normalized spacial score (nSPS) is 10.8. The molecule has 0 spiro atoms. The molecule has 0 aliphatic carbocycles. The molecule has 2 nitrogen and oxygen atoms in total. The molecule has 0 N–H and O–H groups in total. The van der Waals surface area contributed by atoms with E-state index in [-0.39, 0.29) is 5.97 Å². The predicted molar refractivity (Wildman–Crippen MR) is 77.5 cm³/mol. The zero-order valence-corrected chi connectivity index (χ0v) is 10.9. The van der Waals surface area contributed by atoms with Gasteiger partial charge in [-0.25, -0.2) is 4.79 Å². The third-order valence-corrected chi connectivity index (χ3v) is 3.49. The van der Waals surface area contributed by atoms with Crippen molar-refractivity contribution >= 4 is 27.5 Å². The van der Waals surface area contributed by atoms with Gasteiger partial charge in [-0.05, 0) is 46.2 Å².